The van der Waals surface area contributed by atoms with Crippen LogP contribution in [0, 0.1) is 6.92 Å². The van der Waals surface area contributed by atoms with Crippen LogP contribution >= 0.6 is 0 Å². The highest BCUT2D eigenvalue weighted by atomic mass is 16.3. The minimum atomic E-state index is -0.0736. The lowest BCUT2D eigenvalue weighted by Gasteiger charge is -2.21. The third-order valence-electron chi connectivity index (χ3n) is 4.46. The minimum absolute atomic E-state index is 0.0736. The van der Waals surface area contributed by atoms with Gasteiger partial charge in [0.2, 0.25) is 0 Å². The van der Waals surface area contributed by atoms with Gasteiger partial charge in [-0.05, 0) is 56.0 Å². The number of anilines is 2. The number of benzene rings is 2. The summed E-state index contributed by atoms with van der Waals surface area (Å²) in [5.74, 6) is -0.0736. The number of carbonyl (C=O) groups is 1. The monoisotopic (exact) mass is 324 g/mol. The first kappa shape index (κ1) is 16.5. The Morgan fingerprint density at radius 2 is 1.83 bits per heavy atom. The molecule has 24 heavy (non-hydrogen) atoms. The first-order valence-corrected chi connectivity index (χ1v) is 8.54. The molecule has 1 aliphatic rings. The van der Waals surface area contributed by atoms with E-state index in [9.17, 15) is 4.79 Å². The fourth-order valence-corrected chi connectivity index (χ4v) is 3.15. The van der Waals surface area contributed by atoms with Gasteiger partial charge in [-0.25, -0.2) is 0 Å². The molecule has 0 spiro atoms. The molecule has 4 heteroatoms. The third-order valence-corrected chi connectivity index (χ3v) is 4.46. The molecule has 1 aliphatic heterocycles. The van der Waals surface area contributed by atoms with Crippen molar-refractivity contribution in [3.8, 4) is 0 Å². The number of aryl methyl sites for hydroxylation is 1. The Morgan fingerprint density at radius 3 is 2.50 bits per heavy atom. The largest absolute Gasteiger partial charge is 0.396 e. The first-order chi connectivity index (χ1) is 11.7. The maximum Gasteiger partial charge on any atom is 0.257 e. The van der Waals surface area contributed by atoms with E-state index in [1.54, 1.807) is 0 Å². The molecule has 0 radical (unpaired) electrons. The Hall–Kier alpha value is -2.33. The molecular weight excluding hydrogens is 300 g/mol. The highest BCUT2D eigenvalue weighted by Crippen LogP contribution is 2.26. The van der Waals surface area contributed by atoms with E-state index in [1.165, 1.54) is 12.8 Å². The van der Waals surface area contributed by atoms with Gasteiger partial charge in [0.05, 0.1) is 5.56 Å². The summed E-state index contributed by atoms with van der Waals surface area (Å²) < 4.78 is 0. The summed E-state index contributed by atoms with van der Waals surface area (Å²) >= 11 is 0. The fraction of sp³-hybridized carbons (Fsp3) is 0.350. The van der Waals surface area contributed by atoms with E-state index in [-0.39, 0.29) is 12.5 Å². The predicted octanol–water partition coefficient (Wildman–Crippen LogP) is 3.38. The quantitative estimate of drug-likeness (QED) is 0.886. The first-order valence-electron chi connectivity index (χ1n) is 8.54. The van der Waals surface area contributed by atoms with Crippen LogP contribution in [0.2, 0.25) is 0 Å². The molecule has 1 fully saturated rings. The molecule has 0 atom stereocenters. The molecule has 0 aliphatic carbocycles. The fourth-order valence-electron chi connectivity index (χ4n) is 3.15. The smallest absolute Gasteiger partial charge is 0.257 e. The van der Waals surface area contributed by atoms with E-state index in [0.29, 0.717) is 6.42 Å². The van der Waals surface area contributed by atoms with Crippen molar-refractivity contribution in [1.29, 1.82) is 0 Å². The van der Waals surface area contributed by atoms with Gasteiger partial charge in [-0.2, -0.15) is 0 Å². The molecule has 1 saturated heterocycles. The topological polar surface area (TPSA) is 52.6 Å². The normalized spacial score (nSPS) is 14.0. The van der Waals surface area contributed by atoms with Gasteiger partial charge in [-0.3, -0.25) is 4.79 Å². The average molecular weight is 324 g/mol. The summed E-state index contributed by atoms with van der Waals surface area (Å²) in [5.41, 5.74) is 4.67. The molecule has 0 aromatic heterocycles. The maximum atomic E-state index is 12.8. The summed E-state index contributed by atoms with van der Waals surface area (Å²) in [4.78, 5) is 15.1. The lowest BCUT2D eigenvalue weighted by Crippen LogP contribution is -2.23. The molecule has 1 amide bonds. The predicted molar refractivity (Wildman–Crippen MR) is 97.8 cm³/mol. The standard InChI is InChI=1S/C20H24N2O2/c1-15-4-9-19(22-11-2-3-12-22)18(14-15)20(24)21-17-7-5-16(6-8-17)10-13-23/h4-9,14,23H,2-3,10-13H2,1H3,(H,21,24). The van der Waals surface area contributed by atoms with Gasteiger partial charge in [-0.15, -0.1) is 0 Å². The lowest BCUT2D eigenvalue weighted by molar-refractivity contribution is 0.102. The number of nitrogens with zero attached hydrogens (tertiary/aromatic N) is 1. The van der Waals surface area contributed by atoms with E-state index >= 15 is 0 Å². The Morgan fingerprint density at radius 1 is 1.12 bits per heavy atom. The van der Waals surface area contributed by atoms with Crippen molar-refractivity contribution in [2.75, 3.05) is 29.9 Å². The van der Waals surface area contributed by atoms with Gasteiger partial charge in [0, 0.05) is 31.1 Å². The van der Waals surface area contributed by atoms with Crippen LogP contribution in [-0.2, 0) is 6.42 Å². The van der Waals surface area contributed by atoms with Crippen LogP contribution in [0.15, 0.2) is 42.5 Å². The van der Waals surface area contributed by atoms with Gasteiger partial charge in [0.15, 0.2) is 0 Å². The van der Waals surface area contributed by atoms with Crippen LogP contribution in [0.5, 0.6) is 0 Å². The van der Waals surface area contributed by atoms with E-state index < -0.39 is 0 Å². The number of amides is 1. The summed E-state index contributed by atoms with van der Waals surface area (Å²) in [5, 5.41) is 12.0. The second-order valence-corrected chi connectivity index (χ2v) is 6.34. The van der Waals surface area contributed by atoms with Crippen LogP contribution in [0.25, 0.3) is 0 Å². The number of aliphatic hydroxyl groups excluding tert-OH is 1. The summed E-state index contributed by atoms with van der Waals surface area (Å²) in [7, 11) is 0. The van der Waals surface area contributed by atoms with E-state index in [0.717, 1.165) is 41.2 Å². The van der Waals surface area contributed by atoms with Crippen molar-refractivity contribution < 1.29 is 9.90 Å². The van der Waals surface area contributed by atoms with E-state index in [4.69, 9.17) is 5.11 Å². The number of hydrogen-bond acceptors (Lipinski definition) is 3. The Kier molecular flexibility index (Phi) is 5.16. The van der Waals surface area contributed by atoms with Gasteiger partial charge < -0.3 is 15.3 Å². The van der Waals surface area contributed by atoms with Crippen molar-refractivity contribution >= 4 is 17.3 Å². The molecule has 2 N–H and O–H groups in total. The second-order valence-electron chi connectivity index (χ2n) is 6.34. The summed E-state index contributed by atoms with van der Waals surface area (Å²) in [6, 6.07) is 13.7. The number of carbonyl (C=O) groups excluding carboxylic acids is 1. The van der Waals surface area contributed by atoms with E-state index in [1.807, 2.05) is 37.3 Å². The summed E-state index contributed by atoms with van der Waals surface area (Å²) in [6.07, 6.45) is 2.99. The highest BCUT2D eigenvalue weighted by molar-refractivity contribution is 6.08. The van der Waals surface area contributed by atoms with Crippen LogP contribution in [0.3, 0.4) is 0 Å². The van der Waals surface area contributed by atoms with Gasteiger partial charge in [-0.1, -0.05) is 23.8 Å². The van der Waals surface area contributed by atoms with Crippen LogP contribution < -0.4 is 10.2 Å². The van der Waals surface area contributed by atoms with Crippen molar-refractivity contribution in [2.45, 2.75) is 26.2 Å². The minimum Gasteiger partial charge on any atom is -0.396 e. The number of nitrogens with one attached hydrogen (secondary N) is 1. The van der Waals surface area contributed by atoms with Gasteiger partial charge in [0.25, 0.3) is 5.91 Å². The Bertz CT molecular complexity index is 704. The third kappa shape index (κ3) is 3.77. The zero-order valence-electron chi connectivity index (χ0n) is 14.1. The zero-order valence-corrected chi connectivity index (χ0v) is 14.1. The van der Waals surface area contributed by atoms with Crippen molar-refractivity contribution in [1.82, 2.24) is 0 Å². The average Bonchev–Trinajstić information content (AvgIpc) is 3.11. The lowest BCUT2D eigenvalue weighted by atomic mass is 10.1. The molecule has 2 aromatic carbocycles. The molecule has 126 valence electrons. The molecule has 1 heterocycles. The molecular formula is C20H24N2O2. The molecule has 0 unspecified atom stereocenters. The zero-order chi connectivity index (χ0) is 16.9. The van der Waals surface area contributed by atoms with Crippen molar-refractivity contribution in [2.24, 2.45) is 0 Å². The Balaban J connectivity index is 1.80. The number of rotatable bonds is 5. The van der Waals surface area contributed by atoms with Crippen LogP contribution in [0.1, 0.15) is 34.3 Å². The van der Waals surface area contributed by atoms with Crippen molar-refractivity contribution in [3.63, 3.8) is 0 Å². The molecule has 0 saturated carbocycles. The number of hydrogen-bond donors (Lipinski definition) is 2. The second kappa shape index (κ2) is 7.49. The van der Waals surface area contributed by atoms with Crippen molar-refractivity contribution in [3.05, 3.63) is 59.2 Å². The molecule has 4 nitrogen and oxygen atoms in total. The number of aliphatic hydroxyl groups is 1. The van der Waals surface area contributed by atoms with Crippen LogP contribution in [0.4, 0.5) is 11.4 Å². The van der Waals surface area contributed by atoms with E-state index in [2.05, 4.69) is 22.3 Å². The molecule has 3 rings (SSSR count). The SMILES string of the molecule is Cc1ccc(N2CCCC2)c(C(=O)Nc2ccc(CCO)cc2)c1. The Labute approximate surface area is 143 Å². The molecule has 2 aromatic rings. The van der Waals surface area contributed by atoms with Crippen LogP contribution in [-0.4, -0.2) is 30.7 Å². The molecule has 0 bridgehead atoms. The van der Waals surface area contributed by atoms with Gasteiger partial charge >= 0.3 is 0 Å². The van der Waals surface area contributed by atoms with Gasteiger partial charge in [0.1, 0.15) is 0 Å². The maximum absolute atomic E-state index is 12.8. The summed E-state index contributed by atoms with van der Waals surface area (Å²) in [6.45, 7) is 4.17. The highest BCUT2D eigenvalue weighted by Gasteiger charge is 2.19.